The number of nitrogens with one attached hydrogen (secondary N) is 1. The Kier molecular flexibility index (Phi) is 7.56. The number of nitrogens with two attached hydrogens (primary N) is 1. The third kappa shape index (κ3) is 5.32. The summed E-state index contributed by atoms with van der Waals surface area (Å²) in [4.78, 5) is 47.4. The molecule has 3 heterocycles. The number of anilines is 1. The number of rotatable bonds is 7. The molecule has 0 bridgehead atoms. The van der Waals surface area contributed by atoms with Crippen LogP contribution in [0.1, 0.15) is 58.9 Å². The van der Waals surface area contributed by atoms with Crippen LogP contribution in [0, 0.1) is 0 Å². The Labute approximate surface area is 213 Å². The standard InChI is InChI=1S/C25H28N6O6/c1-3-37-24(33)21-20(29-22(31(21)26)18-6-4-5-13-30(18)25(34)35)15-7-9-16(10-8-15)23(32)28-19-14-17(36-2)11-12-27-19/h7-12,14,18H,3-6,13,26H2,1-2H3,(H,34,35)(H,27,28,32). The Morgan fingerprint density at radius 1 is 1.19 bits per heavy atom. The summed E-state index contributed by atoms with van der Waals surface area (Å²) in [5.74, 6) is 6.39. The smallest absolute Gasteiger partial charge is 0.407 e. The maximum absolute atomic E-state index is 12.8. The average molecular weight is 509 g/mol. The number of ether oxygens (including phenoxy) is 2. The van der Waals surface area contributed by atoms with Gasteiger partial charge < -0.3 is 25.7 Å². The summed E-state index contributed by atoms with van der Waals surface area (Å²) in [5.41, 5.74) is 1.11. The predicted octanol–water partition coefficient (Wildman–Crippen LogP) is 3.30. The van der Waals surface area contributed by atoms with E-state index in [1.165, 1.54) is 18.2 Å². The van der Waals surface area contributed by atoms with Crippen molar-refractivity contribution in [1.29, 1.82) is 0 Å². The molecule has 4 rings (SSSR count). The Morgan fingerprint density at radius 2 is 1.95 bits per heavy atom. The van der Waals surface area contributed by atoms with Crippen LogP contribution in [0.3, 0.4) is 0 Å². The molecule has 1 saturated heterocycles. The lowest BCUT2D eigenvalue weighted by atomic mass is 10.0. The van der Waals surface area contributed by atoms with Crippen molar-refractivity contribution in [1.82, 2.24) is 19.5 Å². The minimum Gasteiger partial charge on any atom is -0.497 e. The van der Waals surface area contributed by atoms with Crippen LogP contribution in [0.15, 0.2) is 42.6 Å². The zero-order chi connectivity index (χ0) is 26.5. The number of likely N-dealkylation sites (tertiary alicyclic amines) is 1. The summed E-state index contributed by atoms with van der Waals surface area (Å²) < 4.78 is 11.5. The van der Waals surface area contributed by atoms with E-state index in [9.17, 15) is 19.5 Å². The van der Waals surface area contributed by atoms with Crippen LogP contribution in [0.2, 0.25) is 0 Å². The highest BCUT2D eigenvalue weighted by Crippen LogP contribution is 2.34. The number of nitrogens with zero attached hydrogens (tertiary/aromatic N) is 4. The number of carbonyl (C=O) groups excluding carboxylic acids is 2. The molecule has 1 atom stereocenters. The maximum atomic E-state index is 12.8. The molecule has 0 radical (unpaired) electrons. The molecule has 1 aliphatic rings. The Balaban J connectivity index is 1.66. The molecular weight excluding hydrogens is 480 g/mol. The van der Waals surface area contributed by atoms with Gasteiger partial charge in [-0.05, 0) is 44.4 Å². The first-order valence-electron chi connectivity index (χ1n) is 11.8. The molecule has 0 aliphatic carbocycles. The summed E-state index contributed by atoms with van der Waals surface area (Å²) in [7, 11) is 1.52. The van der Waals surface area contributed by atoms with Crippen molar-refractivity contribution in [2.75, 3.05) is 31.4 Å². The number of nitrogen functional groups attached to an aromatic ring is 1. The van der Waals surface area contributed by atoms with Crippen LogP contribution in [0.5, 0.6) is 5.75 Å². The fourth-order valence-electron chi connectivity index (χ4n) is 4.28. The van der Waals surface area contributed by atoms with Gasteiger partial charge in [-0.3, -0.25) is 9.69 Å². The number of piperidine rings is 1. The number of aromatic nitrogens is 3. The van der Waals surface area contributed by atoms with Gasteiger partial charge in [0, 0.05) is 29.9 Å². The first kappa shape index (κ1) is 25.5. The van der Waals surface area contributed by atoms with Crippen molar-refractivity contribution in [3.05, 3.63) is 59.7 Å². The quantitative estimate of drug-likeness (QED) is 0.321. The lowest BCUT2D eigenvalue weighted by molar-refractivity contribution is 0.0516. The van der Waals surface area contributed by atoms with Gasteiger partial charge in [-0.15, -0.1) is 0 Å². The second-order valence-corrected chi connectivity index (χ2v) is 8.36. The molecule has 1 aromatic carbocycles. The number of methoxy groups -OCH3 is 1. The monoisotopic (exact) mass is 508 g/mol. The average Bonchev–Trinajstić information content (AvgIpc) is 3.25. The Hall–Kier alpha value is -4.61. The topological polar surface area (TPSA) is 162 Å². The summed E-state index contributed by atoms with van der Waals surface area (Å²) in [6.45, 7) is 2.15. The van der Waals surface area contributed by atoms with Crippen molar-refractivity contribution in [3.63, 3.8) is 0 Å². The molecule has 4 N–H and O–H groups in total. The van der Waals surface area contributed by atoms with E-state index in [4.69, 9.17) is 15.3 Å². The molecular formula is C25H28N6O6. The van der Waals surface area contributed by atoms with E-state index in [2.05, 4.69) is 15.3 Å². The second-order valence-electron chi connectivity index (χ2n) is 8.36. The van der Waals surface area contributed by atoms with Crippen LogP contribution in [0.25, 0.3) is 11.3 Å². The number of imidazole rings is 1. The van der Waals surface area contributed by atoms with Gasteiger partial charge in [-0.1, -0.05) is 12.1 Å². The normalized spacial score (nSPS) is 15.2. The molecule has 12 nitrogen and oxygen atoms in total. The van der Waals surface area contributed by atoms with Gasteiger partial charge >= 0.3 is 12.1 Å². The molecule has 12 heteroatoms. The van der Waals surface area contributed by atoms with E-state index >= 15 is 0 Å². The van der Waals surface area contributed by atoms with E-state index in [1.54, 1.807) is 43.3 Å². The van der Waals surface area contributed by atoms with Gasteiger partial charge in [0.15, 0.2) is 11.5 Å². The second kappa shape index (κ2) is 11.0. The predicted molar refractivity (Wildman–Crippen MR) is 134 cm³/mol. The van der Waals surface area contributed by atoms with Crippen molar-refractivity contribution in [3.8, 4) is 17.0 Å². The van der Waals surface area contributed by atoms with Gasteiger partial charge in [-0.2, -0.15) is 0 Å². The van der Waals surface area contributed by atoms with Crippen LogP contribution in [0.4, 0.5) is 10.6 Å². The molecule has 3 aromatic rings. The molecule has 2 amide bonds. The van der Waals surface area contributed by atoms with Crippen LogP contribution in [-0.4, -0.2) is 62.9 Å². The van der Waals surface area contributed by atoms with Gasteiger partial charge in [0.2, 0.25) is 0 Å². The number of hydrogen-bond acceptors (Lipinski definition) is 8. The summed E-state index contributed by atoms with van der Waals surface area (Å²) in [6.07, 6.45) is 2.51. The SMILES string of the molecule is CCOC(=O)c1c(-c2ccc(C(=O)Nc3cc(OC)ccn3)cc2)nc(C2CCCCN2C(=O)O)n1N. The first-order chi connectivity index (χ1) is 17.8. The molecule has 0 spiro atoms. The van der Waals surface area contributed by atoms with Gasteiger partial charge in [-0.25, -0.2) is 24.2 Å². The number of benzene rings is 1. The number of esters is 1. The number of amides is 2. The fourth-order valence-corrected chi connectivity index (χ4v) is 4.28. The molecule has 1 unspecified atom stereocenters. The number of carbonyl (C=O) groups is 3. The third-order valence-electron chi connectivity index (χ3n) is 6.08. The van der Waals surface area contributed by atoms with Crippen LogP contribution in [-0.2, 0) is 4.74 Å². The van der Waals surface area contributed by atoms with E-state index in [1.807, 2.05) is 0 Å². The minimum atomic E-state index is -1.08. The number of pyridine rings is 1. The molecule has 1 aliphatic heterocycles. The molecule has 1 fully saturated rings. The zero-order valence-corrected chi connectivity index (χ0v) is 20.5. The molecule has 37 heavy (non-hydrogen) atoms. The van der Waals surface area contributed by atoms with Gasteiger partial charge in [0.1, 0.15) is 17.3 Å². The van der Waals surface area contributed by atoms with Crippen molar-refractivity contribution in [2.45, 2.75) is 32.2 Å². The van der Waals surface area contributed by atoms with E-state index in [0.717, 1.165) is 17.5 Å². The van der Waals surface area contributed by atoms with E-state index in [-0.39, 0.29) is 29.7 Å². The highest BCUT2D eigenvalue weighted by molar-refractivity contribution is 6.04. The number of carboxylic acid groups (broad SMARTS) is 1. The Morgan fingerprint density at radius 3 is 2.62 bits per heavy atom. The van der Waals surface area contributed by atoms with E-state index < -0.39 is 18.1 Å². The summed E-state index contributed by atoms with van der Waals surface area (Å²) in [6, 6.07) is 9.10. The van der Waals surface area contributed by atoms with Gasteiger partial charge in [0.25, 0.3) is 5.91 Å². The minimum absolute atomic E-state index is 0.00513. The molecule has 0 saturated carbocycles. The summed E-state index contributed by atoms with van der Waals surface area (Å²) >= 11 is 0. The van der Waals surface area contributed by atoms with Crippen LogP contribution >= 0.6 is 0 Å². The summed E-state index contributed by atoms with van der Waals surface area (Å²) in [5, 5.41) is 12.4. The third-order valence-corrected chi connectivity index (χ3v) is 6.08. The fraction of sp³-hybridized carbons (Fsp3) is 0.320. The van der Waals surface area contributed by atoms with E-state index in [0.29, 0.717) is 35.7 Å². The largest absolute Gasteiger partial charge is 0.497 e. The zero-order valence-electron chi connectivity index (χ0n) is 20.5. The van der Waals surface area contributed by atoms with Crippen LogP contribution < -0.4 is 15.9 Å². The lowest BCUT2D eigenvalue weighted by Gasteiger charge is -2.32. The molecule has 194 valence electrons. The first-order valence-corrected chi connectivity index (χ1v) is 11.8. The highest BCUT2D eigenvalue weighted by atomic mass is 16.5. The number of hydrogen-bond donors (Lipinski definition) is 3. The highest BCUT2D eigenvalue weighted by Gasteiger charge is 2.34. The Bertz CT molecular complexity index is 1310. The lowest BCUT2D eigenvalue weighted by Crippen LogP contribution is -2.39. The van der Waals surface area contributed by atoms with Crippen molar-refractivity contribution in [2.24, 2.45) is 0 Å². The van der Waals surface area contributed by atoms with Crippen molar-refractivity contribution >= 4 is 23.8 Å². The maximum Gasteiger partial charge on any atom is 0.407 e. The van der Waals surface area contributed by atoms with Crippen molar-refractivity contribution < 1.29 is 29.0 Å². The molecule has 2 aromatic heterocycles. The van der Waals surface area contributed by atoms with Gasteiger partial charge in [0.05, 0.1) is 19.8 Å².